The Morgan fingerprint density at radius 3 is 2.65 bits per heavy atom. The number of alkyl halides is 2. The number of carbonyl (C=O) groups excluding carboxylic acids is 1. The molecule has 1 aromatic carbocycles. The van der Waals surface area contributed by atoms with Gasteiger partial charge in [-0.1, -0.05) is 23.3 Å². The van der Waals surface area contributed by atoms with Gasteiger partial charge in [0.15, 0.2) is 0 Å². The van der Waals surface area contributed by atoms with Crippen molar-refractivity contribution in [3.05, 3.63) is 30.3 Å². The van der Waals surface area contributed by atoms with Gasteiger partial charge in [0.25, 0.3) is 0 Å². The lowest BCUT2D eigenvalue weighted by atomic mass is 9.93. The summed E-state index contributed by atoms with van der Waals surface area (Å²) in [6.45, 7) is 2.19. The van der Waals surface area contributed by atoms with Crippen LogP contribution in [-0.4, -0.2) is 46.6 Å². The number of halogens is 2. The fourth-order valence-electron chi connectivity index (χ4n) is 3.70. The van der Waals surface area contributed by atoms with Gasteiger partial charge >= 0.3 is 6.01 Å². The smallest absolute Gasteiger partial charge is 0.316 e. The van der Waals surface area contributed by atoms with E-state index < -0.39 is 18.4 Å². The molecule has 1 aliphatic heterocycles. The van der Waals surface area contributed by atoms with Crippen LogP contribution in [0.4, 0.5) is 14.8 Å². The van der Waals surface area contributed by atoms with Crippen LogP contribution in [0.5, 0.6) is 0 Å². The van der Waals surface area contributed by atoms with E-state index in [9.17, 15) is 13.6 Å². The highest BCUT2D eigenvalue weighted by Crippen LogP contribution is 2.58. The number of hydrogen-bond acceptors (Lipinski definition) is 5. The van der Waals surface area contributed by atoms with Crippen molar-refractivity contribution in [1.82, 2.24) is 15.1 Å². The predicted molar refractivity (Wildman–Crippen MR) is 90.6 cm³/mol. The van der Waals surface area contributed by atoms with Crippen LogP contribution in [0.3, 0.4) is 0 Å². The van der Waals surface area contributed by atoms with E-state index in [0.29, 0.717) is 12.4 Å². The Balaban J connectivity index is 1.40. The fourth-order valence-corrected chi connectivity index (χ4v) is 3.70. The largest absolute Gasteiger partial charge is 0.403 e. The summed E-state index contributed by atoms with van der Waals surface area (Å²) in [5, 5.41) is 10.8. The van der Waals surface area contributed by atoms with Crippen LogP contribution in [-0.2, 0) is 4.79 Å². The van der Waals surface area contributed by atoms with Gasteiger partial charge in [0.1, 0.15) is 6.04 Å². The highest BCUT2D eigenvalue weighted by Gasteiger charge is 2.59. The first kappa shape index (κ1) is 16.9. The van der Waals surface area contributed by atoms with E-state index in [0.717, 1.165) is 18.4 Å². The van der Waals surface area contributed by atoms with Crippen LogP contribution in [0.15, 0.2) is 34.7 Å². The Kier molecular flexibility index (Phi) is 4.13. The van der Waals surface area contributed by atoms with E-state index in [-0.39, 0.29) is 23.9 Å². The second-order valence-electron chi connectivity index (χ2n) is 7.17. The molecule has 2 aromatic rings. The highest BCUT2D eigenvalue weighted by atomic mass is 19.3. The van der Waals surface area contributed by atoms with Crippen molar-refractivity contribution in [2.24, 2.45) is 11.3 Å². The van der Waals surface area contributed by atoms with E-state index in [1.165, 1.54) is 4.90 Å². The summed E-state index contributed by atoms with van der Waals surface area (Å²) < 4.78 is 32.0. The number of carbonyl (C=O) groups is 1. The Bertz CT molecular complexity index is 791. The first-order valence-electron chi connectivity index (χ1n) is 8.71. The average molecular weight is 362 g/mol. The standard InChI is InChI=1S/C18H20F2N4O2/c1-11(16(25)24-9-13(14(19)20)18(10-24)7-8-18)21-17-23-22-15(26-17)12-5-3-2-4-6-12/h2-6,11,13-14H,7-10H2,1H3,(H,21,23)/t11-,13+/m0/s1. The van der Waals surface area contributed by atoms with Gasteiger partial charge in [-0.2, -0.15) is 0 Å². The summed E-state index contributed by atoms with van der Waals surface area (Å²) in [4.78, 5) is 14.2. The number of aromatic nitrogens is 2. The molecule has 1 amide bonds. The third-order valence-corrected chi connectivity index (χ3v) is 5.37. The Morgan fingerprint density at radius 1 is 1.31 bits per heavy atom. The molecule has 26 heavy (non-hydrogen) atoms. The summed E-state index contributed by atoms with van der Waals surface area (Å²) in [5.74, 6) is -0.589. The van der Waals surface area contributed by atoms with Crippen molar-refractivity contribution in [2.45, 2.75) is 32.2 Å². The molecule has 2 atom stereocenters. The number of rotatable bonds is 5. The molecule has 8 heteroatoms. The van der Waals surface area contributed by atoms with E-state index in [2.05, 4.69) is 15.5 Å². The van der Waals surface area contributed by atoms with Crippen LogP contribution >= 0.6 is 0 Å². The van der Waals surface area contributed by atoms with Gasteiger partial charge < -0.3 is 14.6 Å². The number of amides is 1. The van der Waals surface area contributed by atoms with Crippen LogP contribution in [0, 0.1) is 11.3 Å². The summed E-state index contributed by atoms with van der Waals surface area (Å²) in [5.41, 5.74) is 0.413. The van der Waals surface area contributed by atoms with Crippen LogP contribution in [0.1, 0.15) is 19.8 Å². The Morgan fingerprint density at radius 2 is 2.04 bits per heavy atom. The van der Waals surface area contributed by atoms with Crippen molar-refractivity contribution in [3.8, 4) is 11.5 Å². The maximum absolute atomic E-state index is 13.2. The lowest BCUT2D eigenvalue weighted by molar-refractivity contribution is -0.131. The maximum Gasteiger partial charge on any atom is 0.316 e. The number of benzene rings is 1. The summed E-state index contributed by atoms with van der Waals surface area (Å²) in [6, 6.07) is 8.79. The normalized spacial score (nSPS) is 22.0. The van der Waals surface area contributed by atoms with Gasteiger partial charge in [0.05, 0.1) is 0 Å². The minimum absolute atomic E-state index is 0.113. The summed E-state index contributed by atoms with van der Waals surface area (Å²) in [7, 11) is 0. The van der Waals surface area contributed by atoms with Gasteiger partial charge in [0, 0.05) is 24.6 Å². The second-order valence-corrected chi connectivity index (χ2v) is 7.17. The number of hydrogen-bond donors (Lipinski definition) is 1. The molecular formula is C18H20F2N4O2. The van der Waals surface area contributed by atoms with Crippen molar-refractivity contribution < 1.29 is 18.0 Å². The minimum Gasteiger partial charge on any atom is -0.403 e. The number of anilines is 1. The Labute approximate surface area is 149 Å². The zero-order chi connectivity index (χ0) is 18.3. The molecule has 0 unspecified atom stereocenters. The molecule has 2 fully saturated rings. The quantitative estimate of drug-likeness (QED) is 0.885. The van der Waals surface area contributed by atoms with Crippen LogP contribution in [0.2, 0.25) is 0 Å². The third-order valence-electron chi connectivity index (χ3n) is 5.37. The first-order valence-corrected chi connectivity index (χ1v) is 8.71. The minimum atomic E-state index is -2.39. The van der Waals surface area contributed by atoms with Gasteiger partial charge in [-0.15, -0.1) is 5.10 Å². The molecule has 1 aliphatic carbocycles. The summed E-state index contributed by atoms with van der Waals surface area (Å²) >= 11 is 0. The van der Waals surface area contributed by atoms with Gasteiger partial charge in [0.2, 0.25) is 18.2 Å². The number of nitrogens with one attached hydrogen (secondary N) is 1. The van der Waals surface area contributed by atoms with E-state index in [1.54, 1.807) is 6.92 Å². The third kappa shape index (κ3) is 3.04. The molecule has 1 N–H and O–H groups in total. The molecule has 0 bridgehead atoms. The van der Waals surface area contributed by atoms with E-state index in [1.807, 2.05) is 30.3 Å². The lowest BCUT2D eigenvalue weighted by Crippen LogP contribution is -2.40. The van der Waals surface area contributed by atoms with Crippen molar-refractivity contribution in [1.29, 1.82) is 0 Å². The maximum atomic E-state index is 13.2. The number of likely N-dealkylation sites (tertiary alicyclic amines) is 1. The molecule has 2 heterocycles. The summed E-state index contributed by atoms with van der Waals surface area (Å²) in [6.07, 6.45) is -0.835. The molecule has 1 aromatic heterocycles. The molecule has 1 saturated carbocycles. The van der Waals surface area contributed by atoms with Gasteiger partial charge in [-0.3, -0.25) is 4.79 Å². The topological polar surface area (TPSA) is 71.3 Å². The zero-order valence-electron chi connectivity index (χ0n) is 14.4. The molecular weight excluding hydrogens is 342 g/mol. The fraction of sp³-hybridized carbons (Fsp3) is 0.500. The molecule has 1 spiro atoms. The van der Waals surface area contributed by atoms with Crippen molar-refractivity contribution >= 4 is 11.9 Å². The molecule has 4 rings (SSSR count). The van der Waals surface area contributed by atoms with E-state index in [4.69, 9.17) is 4.42 Å². The second kappa shape index (κ2) is 6.34. The van der Waals surface area contributed by atoms with E-state index >= 15 is 0 Å². The highest BCUT2D eigenvalue weighted by molar-refractivity contribution is 5.84. The van der Waals surface area contributed by atoms with Crippen LogP contribution < -0.4 is 5.32 Å². The molecule has 138 valence electrons. The Hall–Kier alpha value is -2.51. The molecule has 0 radical (unpaired) electrons. The average Bonchev–Trinajstić information content (AvgIpc) is 3.08. The monoisotopic (exact) mass is 362 g/mol. The SMILES string of the molecule is C[C@H](Nc1nnc(-c2ccccc2)o1)C(=O)N1C[C@H](C(F)F)C2(CC2)C1. The molecule has 1 saturated heterocycles. The van der Waals surface area contributed by atoms with Gasteiger partial charge in [-0.25, -0.2) is 8.78 Å². The van der Waals surface area contributed by atoms with Crippen LogP contribution in [0.25, 0.3) is 11.5 Å². The van der Waals surface area contributed by atoms with Crippen molar-refractivity contribution in [2.75, 3.05) is 18.4 Å². The lowest BCUT2D eigenvalue weighted by Gasteiger charge is -2.21. The van der Waals surface area contributed by atoms with Gasteiger partial charge in [-0.05, 0) is 37.3 Å². The predicted octanol–water partition coefficient (Wildman–Crippen LogP) is 3.04. The molecule has 2 aliphatic rings. The zero-order valence-corrected chi connectivity index (χ0v) is 14.4. The van der Waals surface area contributed by atoms with Crippen molar-refractivity contribution in [3.63, 3.8) is 0 Å². The molecule has 6 nitrogen and oxygen atoms in total. The first-order chi connectivity index (χ1) is 12.5. The number of nitrogens with zero attached hydrogens (tertiary/aromatic N) is 3.